The van der Waals surface area contributed by atoms with Crippen molar-refractivity contribution in [2.45, 2.75) is 0 Å². The first-order valence-electron chi connectivity index (χ1n) is 4.45. The Kier molecular flexibility index (Phi) is 2.87. The normalized spacial score (nSPS) is 10.0. The van der Waals surface area contributed by atoms with Crippen molar-refractivity contribution in [3.8, 4) is 22.8 Å². The van der Waals surface area contributed by atoms with Crippen LogP contribution in [0.4, 0.5) is 0 Å². The van der Waals surface area contributed by atoms with Crippen LogP contribution in [0.15, 0.2) is 29.1 Å². The van der Waals surface area contributed by atoms with Crippen LogP contribution in [0.25, 0.3) is 11.3 Å². The van der Waals surface area contributed by atoms with Crippen LogP contribution in [-0.2, 0) is 0 Å². The minimum absolute atomic E-state index is 0.725. The summed E-state index contributed by atoms with van der Waals surface area (Å²) in [5.74, 6) is 1.46. The first-order chi connectivity index (χ1) is 7.35. The van der Waals surface area contributed by atoms with Gasteiger partial charge in [0.05, 0.1) is 25.4 Å². The standard InChI is InChI=1S/C11H11NO2S/c1-13-10-4-3-8(5-11(10)14-2)9-6-15-7-12-9/h3-7H,1-2H3. The minimum Gasteiger partial charge on any atom is -0.493 e. The molecule has 3 nitrogen and oxygen atoms in total. The highest BCUT2D eigenvalue weighted by Crippen LogP contribution is 2.31. The average Bonchev–Trinajstić information content (AvgIpc) is 2.81. The predicted octanol–water partition coefficient (Wildman–Crippen LogP) is 2.83. The fraction of sp³-hybridized carbons (Fsp3) is 0.182. The molecule has 1 aromatic heterocycles. The molecule has 78 valence electrons. The van der Waals surface area contributed by atoms with Gasteiger partial charge in [-0.05, 0) is 18.2 Å². The zero-order valence-corrected chi connectivity index (χ0v) is 9.38. The molecule has 2 aromatic rings. The lowest BCUT2D eigenvalue weighted by atomic mass is 10.1. The number of methoxy groups -OCH3 is 2. The maximum atomic E-state index is 5.23. The Morgan fingerprint density at radius 1 is 1.13 bits per heavy atom. The Labute approximate surface area is 92.3 Å². The first kappa shape index (κ1) is 9.98. The summed E-state index contributed by atoms with van der Waals surface area (Å²) in [7, 11) is 3.25. The van der Waals surface area contributed by atoms with Gasteiger partial charge in [-0.2, -0.15) is 0 Å². The molecular formula is C11H11NO2S. The zero-order chi connectivity index (χ0) is 10.7. The number of aromatic nitrogens is 1. The summed E-state index contributed by atoms with van der Waals surface area (Å²) in [5.41, 5.74) is 3.81. The second kappa shape index (κ2) is 4.31. The van der Waals surface area contributed by atoms with Crippen molar-refractivity contribution in [3.63, 3.8) is 0 Å². The van der Waals surface area contributed by atoms with Gasteiger partial charge in [0.2, 0.25) is 0 Å². The van der Waals surface area contributed by atoms with E-state index in [-0.39, 0.29) is 0 Å². The summed E-state index contributed by atoms with van der Waals surface area (Å²) in [5, 5.41) is 2.00. The second-order valence-electron chi connectivity index (χ2n) is 2.94. The van der Waals surface area contributed by atoms with E-state index in [1.807, 2.05) is 29.1 Å². The van der Waals surface area contributed by atoms with Crippen molar-refractivity contribution >= 4 is 11.3 Å². The smallest absolute Gasteiger partial charge is 0.161 e. The molecule has 0 aliphatic heterocycles. The van der Waals surface area contributed by atoms with Crippen molar-refractivity contribution in [2.75, 3.05) is 14.2 Å². The van der Waals surface area contributed by atoms with Crippen molar-refractivity contribution in [3.05, 3.63) is 29.1 Å². The molecule has 0 aliphatic rings. The summed E-state index contributed by atoms with van der Waals surface area (Å²) in [6.45, 7) is 0. The molecule has 0 unspecified atom stereocenters. The van der Waals surface area contributed by atoms with Crippen molar-refractivity contribution in [2.24, 2.45) is 0 Å². The van der Waals surface area contributed by atoms with E-state index in [0.717, 1.165) is 22.8 Å². The van der Waals surface area contributed by atoms with Crippen LogP contribution in [0.1, 0.15) is 0 Å². The second-order valence-corrected chi connectivity index (χ2v) is 3.66. The quantitative estimate of drug-likeness (QED) is 0.798. The molecule has 0 aliphatic carbocycles. The summed E-state index contributed by atoms with van der Waals surface area (Å²) in [6, 6.07) is 5.78. The third kappa shape index (κ3) is 1.94. The molecule has 0 saturated heterocycles. The summed E-state index contributed by atoms with van der Waals surface area (Å²) < 4.78 is 10.4. The maximum absolute atomic E-state index is 5.23. The van der Waals surface area contributed by atoms with Gasteiger partial charge in [-0.3, -0.25) is 0 Å². The largest absolute Gasteiger partial charge is 0.493 e. The molecule has 4 heteroatoms. The number of rotatable bonds is 3. The molecule has 0 radical (unpaired) electrons. The third-order valence-corrected chi connectivity index (χ3v) is 2.70. The predicted molar refractivity (Wildman–Crippen MR) is 60.7 cm³/mol. The van der Waals surface area contributed by atoms with Crippen LogP contribution in [-0.4, -0.2) is 19.2 Å². The van der Waals surface area contributed by atoms with Gasteiger partial charge in [0, 0.05) is 10.9 Å². The lowest BCUT2D eigenvalue weighted by molar-refractivity contribution is 0.355. The van der Waals surface area contributed by atoms with Gasteiger partial charge < -0.3 is 9.47 Å². The van der Waals surface area contributed by atoms with E-state index in [1.54, 1.807) is 25.6 Å². The number of hydrogen-bond acceptors (Lipinski definition) is 4. The molecule has 1 aromatic carbocycles. The molecular weight excluding hydrogens is 210 g/mol. The Hall–Kier alpha value is -1.55. The van der Waals surface area contributed by atoms with Gasteiger partial charge >= 0.3 is 0 Å². The molecule has 2 rings (SSSR count). The first-order valence-corrected chi connectivity index (χ1v) is 5.40. The lowest BCUT2D eigenvalue weighted by Gasteiger charge is -2.08. The third-order valence-electron chi connectivity index (χ3n) is 2.11. The Morgan fingerprint density at radius 3 is 2.53 bits per heavy atom. The Morgan fingerprint density at radius 2 is 1.93 bits per heavy atom. The number of thiazole rings is 1. The highest BCUT2D eigenvalue weighted by Gasteiger charge is 2.06. The number of ether oxygens (including phenoxy) is 2. The van der Waals surface area contributed by atoms with Crippen molar-refractivity contribution in [1.29, 1.82) is 0 Å². The zero-order valence-electron chi connectivity index (χ0n) is 8.56. The van der Waals surface area contributed by atoms with E-state index < -0.39 is 0 Å². The van der Waals surface area contributed by atoms with E-state index >= 15 is 0 Å². The molecule has 0 fully saturated rings. The molecule has 0 atom stereocenters. The molecule has 15 heavy (non-hydrogen) atoms. The van der Waals surface area contributed by atoms with Crippen LogP contribution in [0.5, 0.6) is 11.5 Å². The molecule has 0 N–H and O–H groups in total. The maximum Gasteiger partial charge on any atom is 0.161 e. The number of nitrogens with zero attached hydrogens (tertiary/aromatic N) is 1. The summed E-state index contributed by atoms with van der Waals surface area (Å²) in [6.07, 6.45) is 0. The highest BCUT2D eigenvalue weighted by molar-refractivity contribution is 7.07. The van der Waals surface area contributed by atoms with Crippen LogP contribution >= 0.6 is 11.3 Å². The monoisotopic (exact) mass is 221 g/mol. The number of hydrogen-bond donors (Lipinski definition) is 0. The van der Waals surface area contributed by atoms with Gasteiger partial charge in [0.25, 0.3) is 0 Å². The van der Waals surface area contributed by atoms with Crippen LogP contribution in [0.3, 0.4) is 0 Å². The Balaban J connectivity index is 2.43. The van der Waals surface area contributed by atoms with Crippen LogP contribution in [0.2, 0.25) is 0 Å². The minimum atomic E-state index is 0.725. The van der Waals surface area contributed by atoms with E-state index in [0.29, 0.717) is 0 Å². The fourth-order valence-electron chi connectivity index (χ4n) is 1.35. The van der Waals surface area contributed by atoms with E-state index in [9.17, 15) is 0 Å². The van der Waals surface area contributed by atoms with Gasteiger partial charge in [-0.1, -0.05) is 0 Å². The van der Waals surface area contributed by atoms with Gasteiger partial charge in [-0.15, -0.1) is 11.3 Å². The van der Waals surface area contributed by atoms with Crippen molar-refractivity contribution < 1.29 is 9.47 Å². The summed E-state index contributed by atoms with van der Waals surface area (Å²) >= 11 is 1.57. The lowest BCUT2D eigenvalue weighted by Crippen LogP contribution is -1.90. The van der Waals surface area contributed by atoms with Gasteiger partial charge in [-0.25, -0.2) is 4.98 Å². The molecule has 0 saturated carbocycles. The van der Waals surface area contributed by atoms with Crippen LogP contribution in [0, 0.1) is 0 Å². The van der Waals surface area contributed by atoms with Crippen LogP contribution < -0.4 is 9.47 Å². The highest BCUT2D eigenvalue weighted by atomic mass is 32.1. The van der Waals surface area contributed by atoms with Gasteiger partial charge in [0.15, 0.2) is 11.5 Å². The average molecular weight is 221 g/mol. The Bertz CT molecular complexity index is 440. The fourth-order valence-corrected chi connectivity index (χ4v) is 1.91. The molecule has 0 bridgehead atoms. The number of benzene rings is 1. The molecule has 0 amide bonds. The molecule has 1 heterocycles. The van der Waals surface area contributed by atoms with E-state index in [2.05, 4.69) is 4.98 Å². The molecule has 0 spiro atoms. The van der Waals surface area contributed by atoms with E-state index in [1.165, 1.54) is 0 Å². The van der Waals surface area contributed by atoms with Crippen molar-refractivity contribution in [1.82, 2.24) is 4.98 Å². The van der Waals surface area contributed by atoms with Gasteiger partial charge in [0.1, 0.15) is 0 Å². The van der Waals surface area contributed by atoms with E-state index in [4.69, 9.17) is 9.47 Å². The topological polar surface area (TPSA) is 31.4 Å². The summed E-state index contributed by atoms with van der Waals surface area (Å²) in [4.78, 5) is 4.24. The SMILES string of the molecule is COc1ccc(-c2cscn2)cc1OC.